The zero-order valence-electron chi connectivity index (χ0n) is 20.0. The van der Waals surface area contributed by atoms with Crippen LogP contribution < -0.4 is 24.5 Å². The quantitative estimate of drug-likeness (QED) is 0.236. The number of para-hydroxylation sites is 4. The number of hydrogen-bond donors (Lipinski definition) is 0. The largest absolute Gasteiger partial charge is 0.490 e. The minimum Gasteiger partial charge on any atom is -0.490 e. The van der Waals surface area contributed by atoms with E-state index in [1.54, 1.807) is 30.3 Å². The predicted octanol–water partition coefficient (Wildman–Crippen LogP) is 7.32. The molecule has 0 N–H and O–H groups in total. The van der Waals surface area contributed by atoms with Crippen LogP contribution in [0.4, 0.5) is 16.2 Å². The molecule has 7 nitrogen and oxygen atoms in total. The highest BCUT2D eigenvalue weighted by molar-refractivity contribution is 5.97. The van der Waals surface area contributed by atoms with E-state index in [2.05, 4.69) is 0 Å². The van der Waals surface area contributed by atoms with Gasteiger partial charge < -0.3 is 18.6 Å². The van der Waals surface area contributed by atoms with E-state index >= 15 is 0 Å². The van der Waals surface area contributed by atoms with E-state index in [0.717, 1.165) is 0 Å². The van der Waals surface area contributed by atoms with Crippen molar-refractivity contribution in [3.05, 3.63) is 120 Å². The maximum atomic E-state index is 13.2. The van der Waals surface area contributed by atoms with E-state index in [0.29, 0.717) is 29.5 Å². The molecule has 4 aromatic carbocycles. The molecule has 184 valence electrons. The molecule has 7 heteroatoms. The van der Waals surface area contributed by atoms with Gasteiger partial charge in [-0.2, -0.15) is 0 Å². The van der Waals surface area contributed by atoms with Gasteiger partial charge in [0, 0.05) is 6.07 Å². The monoisotopic (exact) mass is 493 g/mol. The number of hydrogen-bond acceptors (Lipinski definition) is 6. The number of anilines is 2. The van der Waals surface area contributed by atoms with Gasteiger partial charge in [0.15, 0.2) is 11.5 Å². The van der Waals surface area contributed by atoms with Gasteiger partial charge >= 0.3 is 6.09 Å². The first-order chi connectivity index (χ1) is 18.1. The van der Waals surface area contributed by atoms with Gasteiger partial charge in [-0.15, -0.1) is 0 Å². The topological polar surface area (TPSA) is 78.2 Å². The Morgan fingerprint density at radius 2 is 1.41 bits per heavy atom. The van der Waals surface area contributed by atoms with Crippen molar-refractivity contribution in [3.63, 3.8) is 0 Å². The number of carbonyl (C=O) groups is 1. The second kappa shape index (κ2) is 10.7. The summed E-state index contributed by atoms with van der Waals surface area (Å²) in [4.78, 5) is 27.8. The summed E-state index contributed by atoms with van der Waals surface area (Å²) in [5.41, 5.74) is 1.20. The fourth-order valence-corrected chi connectivity index (χ4v) is 3.81. The van der Waals surface area contributed by atoms with Crippen molar-refractivity contribution in [2.75, 3.05) is 11.5 Å². The molecule has 1 aromatic heterocycles. The van der Waals surface area contributed by atoms with Crippen LogP contribution in [0.5, 0.6) is 23.0 Å². The summed E-state index contributed by atoms with van der Waals surface area (Å²) in [6.07, 6.45) is 0.630. The number of carbonyl (C=O) groups excluding carboxylic acids is 1. The Bertz CT molecular complexity index is 1540. The molecule has 0 aliphatic carbocycles. The smallest absolute Gasteiger partial charge is 0.424 e. The van der Waals surface area contributed by atoms with E-state index in [-0.39, 0.29) is 27.9 Å². The van der Waals surface area contributed by atoms with Crippen molar-refractivity contribution >= 4 is 28.4 Å². The summed E-state index contributed by atoms with van der Waals surface area (Å²) in [6, 6.07) is 30.1. The molecule has 0 bridgehead atoms. The summed E-state index contributed by atoms with van der Waals surface area (Å²) in [6.45, 7) is 2.32. The highest BCUT2D eigenvalue weighted by Crippen LogP contribution is 2.32. The van der Waals surface area contributed by atoms with Crippen LogP contribution in [0.3, 0.4) is 0 Å². The molecule has 0 saturated carbocycles. The minimum atomic E-state index is -0.605. The fourth-order valence-electron chi connectivity index (χ4n) is 3.81. The lowest BCUT2D eigenvalue weighted by Crippen LogP contribution is -2.29. The molecular weight excluding hydrogens is 470 g/mol. The van der Waals surface area contributed by atoms with Gasteiger partial charge in [0.2, 0.25) is 11.2 Å². The van der Waals surface area contributed by atoms with Crippen LogP contribution in [0.2, 0.25) is 0 Å². The van der Waals surface area contributed by atoms with Crippen LogP contribution in [0.25, 0.3) is 11.0 Å². The highest BCUT2D eigenvalue weighted by Gasteiger charge is 2.21. The Morgan fingerprint density at radius 3 is 2.05 bits per heavy atom. The molecule has 5 aromatic rings. The van der Waals surface area contributed by atoms with Gasteiger partial charge in [0.1, 0.15) is 17.6 Å². The Balaban J connectivity index is 1.42. The average molecular weight is 494 g/mol. The normalized spacial score (nSPS) is 10.6. The first kappa shape index (κ1) is 23.7. The maximum absolute atomic E-state index is 13.2. The lowest BCUT2D eigenvalue weighted by molar-refractivity contribution is 0.210. The SMILES string of the molecule is CCOc1ccccc1Oc1coc2cc(OC(=O)N(c3ccccc3)c3ccccc3)ccc2c1=O. The van der Waals surface area contributed by atoms with E-state index in [1.807, 2.05) is 73.7 Å². The Labute approximate surface area is 213 Å². The molecule has 0 radical (unpaired) electrons. The number of nitrogens with zero attached hydrogens (tertiary/aromatic N) is 1. The molecule has 37 heavy (non-hydrogen) atoms. The van der Waals surface area contributed by atoms with Crippen molar-refractivity contribution in [1.82, 2.24) is 0 Å². The number of benzene rings is 4. The van der Waals surface area contributed by atoms with Crippen molar-refractivity contribution in [2.24, 2.45) is 0 Å². The lowest BCUT2D eigenvalue weighted by atomic mass is 10.2. The number of rotatable bonds is 7. The van der Waals surface area contributed by atoms with Crippen LogP contribution in [0.1, 0.15) is 6.92 Å². The third kappa shape index (κ3) is 5.16. The molecule has 0 spiro atoms. The second-order valence-electron chi connectivity index (χ2n) is 7.94. The van der Waals surface area contributed by atoms with Gasteiger partial charge in [-0.05, 0) is 55.5 Å². The molecule has 5 rings (SSSR count). The van der Waals surface area contributed by atoms with Crippen LogP contribution in [-0.2, 0) is 0 Å². The molecular formula is C30H23NO6. The first-order valence-electron chi connectivity index (χ1n) is 11.7. The van der Waals surface area contributed by atoms with Crippen molar-refractivity contribution in [1.29, 1.82) is 0 Å². The van der Waals surface area contributed by atoms with Crippen LogP contribution in [-0.4, -0.2) is 12.7 Å². The summed E-state index contributed by atoms with van der Waals surface area (Å²) in [5, 5.41) is 0.286. The summed E-state index contributed by atoms with van der Waals surface area (Å²) in [7, 11) is 0. The van der Waals surface area contributed by atoms with Crippen molar-refractivity contribution in [2.45, 2.75) is 6.92 Å². The van der Waals surface area contributed by atoms with Crippen molar-refractivity contribution < 1.29 is 23.4 Å². The van der Waals surface area contributed by atoms with E-state index < -0.39 is 6.09 Å². The number of amides is 1. The van der Waals surface area contributed by atoms with E-state index in [4.69, 9.17) is 18.6 Å². The Kier molecular flexibility index (Phi) is 6.85. The van der Waals surface area contributed by atoms with Gasteiger partial charge in [-0.25, -0.2) is 9.69 Å². The minimum absolute atomic E-state index is 0.0173. The molecule has 0 unspecified atom stereocenters. The zero-order chi connectivity index (χ0) is 25.6. The highest BCUT2D eigenvalue weighted by atomic mass is 16.6. The standard InChI is InChI=1S/C30H23NO6/c1-2-34-25-15-9-10-16-26(25)37-28-20-35-27-19-23(17-18-24(27)29(28)32)36-30(33)31(21-11-5-3-6-12-21)22-13-7-4-8-14-22/h3-20H,2H2,1H3. The van der Waals surface area contributed by atoms with Crippen LogP contribution in [0, 0.1) is 0 Å². The third-order valence-corrected chi connectivity index (χ3v) is 5.50. The first-order valence-corrected chi connectivity index (χ1v) is 11.7. The zero-order valence-corrected chi connectivity index (χ0v) is 20.0. The Morgan fingerprint density at radius 1 is 0.784 bits per heavy atom. The molecule has 1 amide bonds. The predicted molar refractivity (Wildman–Crippen MR) is 141 cm³/mol. The molecule has 1 heterocycles. The fraction of sp³-hybridized carbons (Fsp3) is 0.0667. The van der Waals surface area contributed by atoms with Gasteiger partial charge in [-0.3, -0.25) is 4.79 Å². The molecule has 0 aliphatic rings. The number of fused-ring (bicyclic) bond motifs is 1. The Hall–Kier alpha value is -5.04. The van der Waals surface area contributed by atoms with Crippen LogP contribution >= 0.6 is 0 Å². The van der Waals surface area contributed by atoms with Crippen molar-refractivity contribution in [3.8, 4) is 23.0 Å². The van der Waals surface area contributed by atoms with Gasteiger partial charge in [0.25, 0.3) is 0 Å². The van der Waals surface area contributed by atoms with E-state index in [9.17, 15) is 9.59 Å². The maximum Gasteiger partial charge on any atom is 0.424 e. The average Bonchev–Trinajstić information content (AvgIpc) is 2.93. The summed E-state index contributed by atoms with van der Waals surface area (Å²) in [5.74, 6) is 1.17. The van der Waals surface area contributed by atoms with Crippen LogP contribution in [0.15, 0.2) is 119 Å². The van der Waals surface area contributed by atoms with Gasteiger partial charge in [0.05, 0.1) is 23.4 Å². The lowest BCUT2D eigenvalue weighted by Gasteiger charge is -2.22. The van der Waals surface area contributed by atoms with E-state index in [1.165, 1.54) is 17.2 Å². The summed E-state index contributed by atoms with van der Waals surface area (Å²) >= 11 is 0. The molecule has 0 fully saturated rings. The summed E-state index contributed by atoms with van der Waals surface area (Å²) < 4.78 is 22.7. The molecule has 0 atom stereocenters. The number of ether oxygens (including phenoxy) is 3. The molecule has 0 saturated heterocycles. The third-order valence-electron chi connectivity index (χ3n) is 5.50. The second-order valence-corrected chi connectivity index (χ2v) is 7.94. The molecule has 0 aliphatic heterocycles. The van der Waals surface area contributed by atoms with Gasteiger partial charge in [-0.1, -0.05) is 48.5 Å².